The molecule has 1 atom stereocenters. The van der Waals surface area contributed by atoms with E-state index >= 15 is 0 Å². The smallest absolute Gasteiger partial charge is 0.170 e. The molecule has 0 unspecified atom stereocenters. The number of thiocarbonyl (C=S) groups is 1. The van der Waals surface area contributed by atoms with Crippen LogP contribution >= 0.6 is 28.1 Å². The first-order chi connectivity index (χ1) is 8.65. The van der Waals surface area contributed by atoms with Gasteiger partial charge in [-0.1, -0.05) is 15.9 Å². The Morgan fingerprint density at radius 1 is 1.56 bits per heavy atom. The van der Waals surface area contributed by atoms with Gasteiger partial charge in [-0.15, -0.1) is 0 Å². The molecule has 18 heavy (non-hydrogen) atoms. The van der Waals surface area contributed by atoms with Gasteiger partial charge in [-0.25, -0.2) is 4.39 Å². The van der Waals surface area contributed by atoms with Crippen molar-refractivity contribution < 1.29 is 9.13 Å². The maximum absolute atomic E-state index is 13.5. The molecule has 0 aliphatic carbocycles. The van der Waals surface area contributed by atoms with Crippen LogP contribution in [-0.2, 0) is 4.74 Å². The molecule has 0 saturated carbocycles. The summed E-state index contributed by atoms with van der Waals surface area (Å²) in [6, 6.07) is 4.79. The van der Waals surface area contributed by atoms with E-state index in [-0.39, 0.29) is 11.9 Å². The highest BCUT2D eigenvalue weighted by Crippen LogP contribution is 2.19. The summed E-state index contributed by atoms with van der Waals surface area (Å²) in [5.74, 6) is -0.342. The number of nitrogens with one attached hydrogen (secondary N) is 2. The average Bonchev–Trinajstić information content (AvgIpc) is 2.83. The highest BCUT2D eigenvalue weighted by Gasteiger charge is 2.15. The molecule has 98 valence electrons. The van der Waals surface area contributed by atoms with Gasteiger partial charge in [0.1, 0.15) is 5.82 Å². The Hall–Kier alpha value is -0.720. The van der Waals surface area contributed by atoms with Crippen molar-refractivity contribution in [2.75, 3.05) is 18.5 Å². The van der Waals surface area contributed by atoms with Gasteiger partial charge in [-0.05, 0) is 43.3 Å². The van der Waals surface area contributed by atoms with Crippen LogP contribution in [0.25, 0.3) is 0 Å². The Labute approximate surface area is 119 Å². The highest BCUT2D eigenvalue weighted by molar-refractivity contribution is 9.10. The van der Waals surface area contributed by atoms with Gasteiger partial charge in [0.25, 0.3) is 0 Å². The van der Waals surface area contributed by atoms with Crippen molar-refractivity contribution in [3.8, 4) is 0 Å². The Morgan fingerprint density at radius 3 is 3.06 bits per heavy atom. The van der Waals surface area contributed by atoms with Crippen LogP contribution in [0.5, 0.6) is 0 Å². The van der Waals surface area contributed by atoms with Gasteiger partial charge in [-0.3, -0.25) is 0 Å². The van der Waals surface area contributed by atoms with E-state index in [0.29, 0.717) is 21.8 Å². The van der Waals surface area contributed by atoms with Crippen molar-refractivity contribution in [2.24, 2.45) is 0 Å². The molecular formula is C12H14BrFN2OS. The summed E-state index contributed by atoms with van der Waals surface area (Å²) in [6.45, 7) is 1.47. The summed E-state index contributed by atoms with van der Waals surface area (Å²) in [7, 11) is 0. The molecule has 2 N–H and O–H groups in total. The van der Waals surface area contributed by atoms with Crippen LogP contribution in [0.15, 0.2) is 22.7 Å². The lowest BCUT2D eigenvalue weighted by Gasteiger charge is -2.14. The highest BCUT2D eigenvalue weighted by atomic mass is 79.9. The van der Waals surface area contributed by atoms with Crippen LogP contribution in [0, 0.1) is 5.82 Å². The zero-order chi connectivity index (χ0) is 13.0. The van der Waals surface area contributed by atoms with E-state index in [1.54, 1.807) is 12.1 Å². The maximum Gasteiger partial charge on any atom is 0.170 e. The van der Waals surface area contributed by atoms with Gasteiger partial charge >= 0.3 is 0 Å². The fourth-order valence-electron chi connectivity index (χ4n) is 1.77. The molecular weight excluding hydrogens is 319 g/mol. The number of hydrogen-bond donors (Lipinski definition) is 2. The number of halogens is 2. The molecule has 1 heterocycles. The molecule has 0 bridgehead atoms. The number of benzene rings is 1. The lowest BCUT2D eigenvalue weighted by molar-refractivity contribution is 0.114. The maximum atomic E-state index is 13.5. The second kappa shape index (κ2) is 6.45. The minimum atomic E-state index is -0.342. The van der Waals surface area contributed by atoms with Gasteiger partial charge in [0.15, 0.2) is 5.11 Å². The lowest BCUT2D eigenvalue weighted by atomic mass is 10.2. The van der Waals surface area contributed by atoms with E-state index in [1.807, 2.05) is 0 Å². The standard InChI is InChI=1S/C12H14BrFN2OS/c13-8-3-4-11(10(14)6-8)16-12(18)15-7-9-2-1-5-17-9/h3-4,6,9H,1-2,5,7H2,(H2,15,16,18)/t9-/m1/s1. The first-order valence-electron chi connectivity index (χ1n) is 5.76. The molecule has 0 spiro atoms. The molecule has 1 saturated heterocycles. The van der Waals surface area contributed by atoms with Gasteiger partial charge in [0.05, 0.1) is 11.8 Å². The van der Waals surface area contributed by atoms with E-state index in [4.69, 9.17) is 17.0 Å². The lowest BCUT2D eigenvalue weighted by Crippen LogP contribution is -2.35. The molecule has 1 aliphatic heterocycles. The minimum absolute atomic E-state index is 0.208. The third-order valence-corrected chi connectivity index (χ3v) is 3.43. The Balaban J connectivity index is 1.82. The summed E-state index contributed by atoms with van der Waals surface area (Å²) in [4.78, 5) is 0. The van der Waals surface area contributed by atoms with Gasteiger partial charge < -0.3 is 15.4 Å². The van der Waals surface area contributed by atoms with Crippen molar-refractivity contribution in [2.45, 2.75) is 18.9 Å². The Morgan fingerprint density at radius 2 is 2.39 bits per heavy atom. The van der Waals surface area contributed by atoms with Crippen LogP contribution in [0.1, 0.15) is 12.8 Å². The third kappa shape index (κ3) is 3.90. The number of ether oxygens (including phenoxy) is 1. The minimum Gasteiger partial charge on any atom is -0.376 e. The summed E-state index contributed by atoms with van der Waals surface area (Å²) in [5.41, 5.74) is 0.364. The fourth-order valence-corrected chi connectivity index (χ4v) is 2.30. The van der Waals surface area contributed by atoms with Crippen molar-refractivity contribution in [1.29, 1.82) is 0 Å². The Bertz CT molecular complexity index is 438. The van der Waals surface area contributed by atoms with Crippen molar-refractivity contribution in [3.63, 3.8) is 0 Å². The van der Waals surface area contributed by atoms with Gasteiger partial charge in [-0.2, -0.15) is 0 Å². The van der Waals surface area contributed by atoms with Crippen LogP contribution in [-0.4, -0.2) is 24.4 Å². The van der Waals surface area contributed by atoms with E-state index in [0.717, 1.165) is 19.4 Å². The average molecular weight is 333 g/mol. The van der Waals surface area contributed by atoms with Crippen LogP contribution in [0.3, 0.4) is 0 Å². The topological polar surface area (TPSA) is 33.3 Å². The summed E-state index contributed by atoms with van der Waals surface area (Å²) >= 11 is 8.31. The zero-order valence-electron chi connectivity index (χ0n) is 9.71. The van der Waals surface area contributed by atoms with Crippen molar-refractivity contribution in [3.05, 3.63) is 28.5 Å². The second-order valence-electron chi connectivity index (χ2n) is 4.09. The Kier molecular flexibility index (Phi) is 4.91. The number of hydrogen-bond acceptors (Lipinski definition) is 2. The molecule has 3 nitrogen and oxygen atoms in total. The van der Waals surface area contributed by atoms with E-state index in [1.165, 1.54) is 6.07 Å². The molecule has 1 aromatic rings. The first-order valence-corrected chi connectivity index (χ1v) is 6.97. The van der Waals surface area contributed by atoms with Crippen LogP contribution in [0.4, 0.5) is 10.1 Å². The number of anilines is 1. The van der Waals surface area contributed by atoms with Crippen LogP contribution in [0.2, 0.25) is 0 Å². The molecule has 0 radical (unpaired) electrons. The molecule has 1 aliphatic rings. The zero-order valence-corrected chi connectivity index (χ0v) is 12.1. The van der Waals surface area contributed by atoms with Crippen LogP contribution < -0.4 is 10.6 Å². The molecule has 1 fully saturated rings. The fraction of sp³-hybridized carbons (Fsp3) is 0.417. The summed E-state index contributed by atoms with van der Waals surface area (Å²) in [5, 5.41) is 6.27. The van der Waals surface area contributed by atoms with E-state index in [9.17, 15) is 4.39 Å². The van der Waals surface area contributed by atoms with Gasteiger partial charge in [0.2, 0.25) is 0 Å². The molecule has 0 aromatic heterocycles. The predicted octanol–water partition coefficient (Wildman–Crippen LogP) is 3.05. The summed E-state index contributed by atoms with van der Waals surface area (Å²) in [6.07, 6.45) is 2.34. The quantitative estimate of drug-likeness (QED) is 0.833. The molecule has 6 heteroatoms. The van der Waals surface area contributed by atoms with Crippen molar-refractivity contribution in [1.82, 2.24) is 5.32 Å². The monoisotopic (exact) mass is 332 g/mol. The largest absolute Gasteiger partial charge is 0.376 e. The second-order valence-corrected chi connectivity index (χ2v) is 5.42. The molecule has 2 rings (SSSR count). The SMILES string of the molecule is Fc1cc(Br)ccc1NC(=S)NC[C@H]1CCCO1. The molecule has 0 amide bonds. The third-order valence-electron chi connectivity index (χ3n) is 2.69. The van der Waals surface area contributed by atoms with E-state index in [2.05, 4.69) is 26.6 Å². The number of rotatable bonds is 3. The summed E-state index contributed by atoms with van der Waals surface area (Å²) < 4.78 is 19.7. The first kappa shape index (κ1) is 13.7. The predicted molar refractivity (Wildman–Crippen MR) is 77.3 cm³/mol. The molecule has 1 aromatic carbocycles. The van der Waals surface area contributed by atoms with E-state index < -0.39 is 0 Å². The van der Waals surface area contributed by atoms with Crippen molar-refractivity contribution >= 4 is 38.9 Å². The van der Waals surface area contributed by atoms with Gasteiger partial charge in [0, 0.05) is 17.6 Å². The normalized spacial score (nSPS) is 18.7.